The number of anilines is 1. The number of hydrogen-bond acceptors (Lipinski definition) is 5. The van der Waals surface area contributed by atoms with E-state index in [0.29, 0.717) is 4.58 Å². The number of rotatable bonds is 3. The third-order valence-corrected chi connectivity index (χ3v) is 6.34. The van der Waals surface area contributed by atoms with Gasteiger partial charge in [-0.15, -0.1) is 23.5 Å². The van der Waals surface area contributed by atoms with Gasteiger partial charge in [0.2, 0.25) is 0 Å². The van der Waals surface area contributed by atoms with Crippen molar-refractivity contribution in [3.8, 4) is 0 Å². The van der Waals surface area contributed by atoms with Crippen LogP contribution in [-0.2, 0) is 7.05 Å². The highest BCUT2D eigenvalue weighted by atomic mass is 32.2. The summed E-state index contributed by atoms with van der Waals surface area (Å²) < 4.78 is 1.59. The van der Waals surface area contributed by atoms with Gasteiger partial charge in [0.15, 0.2) is 0 Å². The Morgan fingerprint density at radius 1 is 1.27 bits per heavy atom. The van der Waals surface area contributed by atoms with Crippen LogP contribution in [0.3, 0.4) is 0 Å². The van der Waals surface area contributed by atoms with Gasteiger partial charge in [0.05, 0.1) is 4.58 Å². The molecule has 1 aliphatic rings. The average molecular weight is 333 g/mol. The highest BCUT2D eigenvalue weighted by Crippen LogP contribution is 2.45. The van der Waals surface area contributed by atoms with Crippen LogP contribution >= 0.6 is 23.5 Å². The van der Waals surface area contributed by atoms with Gasteiger partial charge < -0.3 is 5.32 Å². The number of nitrogens with zero attached hydrogens (tertiary/aromatic N) is 2. The molecule has 0 aliphatic carbocycles. The van der Waals surface area contributed by atoms with E-state index in [9.17, 15) is 9.59 Å². The van der Waals surface area contributed by atoms with Crippen LogP contribution in [0.25, 0.3) is 0 Å². The van der Waals surface area contributed by atoms with Gasteiger partial charge in [-0.05, 0) is 23.8 Å². The van der Waals surface area contributed by atoms with Gasteiger partial charge in [-0.3, -0.25) is 9.59 Å². The molecule has 0 radical (unpaired) electrons. The fraction of sp³-hybridized carbons (Fsp3) is 0.267. The number of thioether (sulfide) groups is 2. The number of nitrogens with one attached hydrogen (secondary N) is 1. The molecule has 0 saturated carbocycles. The van der Waals surface area contributed by atoms with E-state index in [-0.39, 0.29) is 17.2 Å². The number of aryl methyl sites for hydroxylation is 1. The second-order valence-corrected chi connectivity index (χ2v) is 7.56. The monoisotopic (exact) mass is 333 g/mol. The molecular weight excluding hydrogens is 318 g/mol. The summed E-state index contributed by atoms with van der Waals surface area (Å²) in [6.07, 6.45) is 0. The Balaban J connectivity index is 1.77. The van der Waals surface area contributed by atoms with E-state index >= 15 is 0 Å². The van der Waals surface area contributed by atoms with Gasteiger partial charge in [0, 0.05) is 30.3 Å². The standard InChI is InChI=1S/C15H15N3O2S2/c1-18-13(19)6-5-12(17-18)14(20)16-11-4-2-3-10(9-11)15-21-7-8-22-15/h2-6,9,15H,7-8H2,1H3,(H,16,20). The first kappa shape index (κ1) is 15.2. The SMILES string of the molecule is Cn1nc(C(=O)Nc2cccc(C3SCCS3)c2)ccc1=O. The van der Waals surface area contributed by atoms with Gasteiger partial charge in [0.1, 0.15) is 5.69 Å². The Labute approximate surface area is 136 Å². The van der Waals surface area contributed by atoms with Crippen molar-refractivity contribution in [1.82, 2.24) is 9.78 Å². The van der Waals surface area contributed by atoms with Gasteiger partial charge in [-0.1, -0.05) is 12.1 Å². The Bertz CT molecular complexity index is 754. The lowest BCUT2D eigenvalue weighted by molar-refractivity contribution is 0.102. The number of amides is 1. The fourth-order valence-electron chi connectivity index (χ4n) is 2.13. The zero-order valence-electron chi connectivity index (χ0n) is 12.0. The maximum atomic E-state index is 12.2. The number of carbonyl (C=O) groups is 1. The van der Waals surface area contributed by atoms with Gasteiger partial charge >= 0.3 is 0 Å². The van der Waals surface area contributed by atoms with Crippen molar-refractivity contribution >= 4 is 35.1 Å². The maximum Gasteiger partial charge on any atom is 0.276 e. The minimum atomic E-state index is -0.320. The number of hydrogen-bond donors (Lipinski definition) is 1. The quantitative estimate of drug-likeness (QED) is 0.935. The fourth-order valence-corrected chi connectivity index (χ4v) is 4.97. The molecule has 3 rings (SSSR count). The van der Waals surface area contributed by atoms with Crippen molar-refractivity contribution in [2.45, 2.75) is 4.58 Å². The molecule has 0 unspecified atom stereocenters. The molecule has 1 N–H and O–H groups in total. The van der Waals surface area contributed by atoms with Crippen molar-refractivity contribution in [3.05, 3.63) is 58.0 Å². The third kappa shape index (κ3) is 3.36. The molecule has 1 saturated heterocycles. The van der Waals surface area contributed by atoms with Gasteiger partial charge in [-0.2, -0.15) is 5.10 Å². The van der Waals surface area contributed by atoms with E-state index in [1.165, 1.54) is 24.7 Å². The molecule has 2 heterocycles. The Morgan fingerprint density at radius 2 is 2.05 bits per heavy atom. The largest absolute Gasteiger partial charge is 0.321 e. The molecule has 1 aromatic carbocycles. The zero-order valence-corrected chi connectivity index (χ0v) is 13.6. The summed E-state index contributed by atoms with van der Waals surface area (Å²) in [6.45, 7) is 0. The first-order valence-electron chi connectivity index (χ1n) is 6.82. The zero-order chi connectivity index (χ0) is 15.5. The minimum absolute atomic E-state index is 0.220. The Kier molecular flexibility index (Phi) is 4.54. The minimum Gasteiger partial charge on any atom is -0.321 e. The first-order chi connectivity index (χ1) is 10.6. The van der Waals surface area contributed by atoms with Crippen LogP contribution in [0.5, 0.6) is 0 Å². The van der Waals surface area contributed by atoms with Crippen LogP contribution in [0.1, 0.15) is 20.6 Å². The highest BCUT2D eigenvalue weighted by Gasteiger charge is 2.18. The molecule has 1 aromatic heterocycles. The van der Waals surface area contributed by atoms with Crippen molar-refractivity contribution in [2.24, 2.45) is 7.05 Å². The second kappa shape index (κ2) is 6.58. The van der Waals surface area contributed by atoms with Crippen LogP contribution in [0, 0.1) is 0 Å². The lowest BCUT2D eigenvalue weighted by atomic mass is 10.2. The van der Waals surface area contributed by atoms with Crippen LogP contribution in [0.15, 0.2) is 41.2 Å². The topological polar surface area (TPSA) is 64.0 Å². The second-order valence-electron chi connectivity index (χ2n) is 4.83. The molecule has 5 nitrogen and oxygen atoms in total. The molecule has 7 heteroatoms. The number of benzene rings is 1. The van der Waals surface area contributed by atoms with E-state index in [1.54, 1.807) is 0 Å². The van der Waals surface area contributed by atoms with E-state index in [4.69, 9.17) is 0 Å². The molecule has 1 amide bonds. The average Bonchev–Trinajstić information content (AvgIpc) is 3.04. The maximum absolute atomic E-state index is 12.2. The molecule has 0 atom stereocenters. The van der Waals surface area contributed by atoms with E-state index in [0.717, 1.165) is 21.9 Å². The predicted octanol–water partition coefficient (Wildman–Crippen LogP) is 2.51. The Morgan fingerprint density at radius 3 is 2.77 bits per heavy atom. The van der Waals surface area contributed by atoms with Gasteiger partial charge in [0.25, 0.3) is 11.5 Å². The summed E-state index contributed by atoms with van der Waals surface area (Å²) in [6, 6.07) is 10.6. The highest BCUT2D eigenvalue weighted by molar-refractivity contribution is 8.19. The van der Waals surface area contributed by atoms with Crippen molar-refractivity contribution in [3.63, 3.8) is 0 Å². The lowest BCUT2D eigenvalue weighted by Crippen LogP contribution is -2.23. The molecule has 1 aliphatic heterocycles. The van der Waals surface area contributed by atoms with Crippen LogP contribution in [-0.4, -0.2) is 27.2 Å². The molecular formula is C15H15N3O2S2. The van der Waals surface area contributed by atoms with Crippen LogP contribution < -0.4 is 10.9 Å². The number of aromatic nitrogens is 2. The van der Waals surface area contributed by atoms with Gasteiger partial charge in [-0.25, -0.2) is 4.68 Å². The van der Waals surface area contributed by atoms with E-state index < -0.39 is 0 Å². The normalized spacial score (nSPS) is 15.0. The molecule has 0 spiro atoms. The summed E-state index contributed by atoms with van der Waals surface area (Å²) >= 11 is 3.85. The molecule has 2 aromatic rings. The van der Waals surface area contributed by atoms with E-state index in [1.807, 2.05) is 41.7 Å². The summed E-state index contributed by atoms with van der Waals surface area (Å²) in [5, 5.41) is 6.79. The van der Waals surface area contributed by atoms with Crippen molar-refractivity contribution in [1.29, 1.82) is 0 Å². The summed E-state index contributed by atoms with van der Waals surface area (Å²) in [4.78, 5) is 23.5. The predicted molar refractivity (Wildman–Crippen MR) is 91.5 cm³/mol. The van der Waals surface area contributed by atoms with E-state index in [2.05, 4.69) is 16.5 Å². The molecule has 22 heavy (non-hydrogen) atoms. The Hall–Kier alpha value is -1.73. The molecule has 1 fully saturated rings. The van der Waals surface area contributed by atoms with Crippen molar-refractivity contribution < 1.29 is 4.79 Å². The summed E-state index contributed by atoms with van der Waals surface area (Å²) in [5.74, 6) is 2.00. The summed E-state index contributed by atoms with van der Waals surface area (Å²) in [5.41, 5.74) is 1.93. The lowest BCUT2D eigenvalue weighted by Gasteiger charge is -2.11. The summed E-state index contributed by atoms with van der Waals surface area (Å²) in [7, 11) is 1.52. The van der Waals surface area contributed by atoms with Crippen LogP contribution in [0.4, 0.5) is 5.69 Å². The molecule has 0 bridgehead atoms. The van der Waals surface area contributed by atoms with Crippen LogP contribution in [0.2, 0.25) is 0 Å². The molecule has 114 valence electrons. The number of carbonyl (C=O) groups excluding carboxylic acids is 1. The first-order valence-corrected chi connectivity index (χ1v) is 8.92. The van der Waals surface area contributed by atoms with Crippen molar-refractivity contribution in [2.75, 3.05) is 16.8 Å². The third-order valence-electron chi connectivity index (χ3n) is 3.23. The smallest absolute Gasteiger partial charge is 0.276 e.